The van der Waals surface area contributed by atoms with Crippen LogP contribution in [0.15, 0.2) is 24.4 Å². The lowest BCUT2D eigenvalue weighted by Crippen LogP contribution is -2.52. The third kappa shape index (κ3) is 1.87. The average molecular weight is 191 g/mol. The highest BCUT2D eigenvalue weighted by molar-refractivity contribution is 5.12. The van der Waals surface area contributed by atoms with Crippen LogP contribution >= 0.6 is 0 Å². The Bertz CT molecular complexity index is 238. The highest BCUT2D eigenvalue weighted by Gasteiger charge is 2.50. The van der Waals surface area contributed by atoms with Gasteiger partial charge in [0.15, 0.2) is 0 Å². The molecule has 1 aliphatic heterocycles. The lowest BCUT2D eigenvalue weighted by atomic mass is 10.0. The normalized spacial score (nSPS) is 18.1. The molecule has 1 rings (SSSR count). The zero-order valence-corrected chi connectivity index (χ0v) is 7.60. The average Bonchev–Trinajstić information content (AvgIpc) is 2.04. The largest absolute Gasteiger partial charge is 0.411 e. The molecule has 0 unspecified atom stereocenters. The van der Waals surface area contributed by atoms with E-state index in [1.165, 1.54) is 24.9 Å². The molecular weight excluding hydrogens is 179 g/mol. The van der Waals surface area contributed by atoms with Gasteiger partial charge >= 0.3 is 6.18 Å². The summed E-state index contributed by atoms with van der Waals surface area (Å²) in [5, 5.41) is 0. The monoisotopic (exact) mass is 191 g/mol. The smallest absolute Gasteiger partial charge is 0.360 e. The molecule has 0 aromatic heterocycles. The van der Waals surface area contributed by atoms with Crippen molar-refractivity contribution in [2.24, 2.45) is 0 Å². The molecule has 0 fully saturated rings. The summed E-state index contributed by atoms with van der Waals surface area (Å²) in [4.78, 5) is 1.27. The molecule has 0 atom stereocenters. The summed E-state index contributed by atoms with van der Waals surface area (Å²) in [6.45, 7) is 2.66. The summed E-state index contributed by atoms with van der Waals surface area (Å²) in [6, 6.07) is 0. The van der Waals surface area contributed by atoms with Crippen molar-refractivity contribution in [1.82, 2.24) is 4.90 Å². The Labute approximate surface area is 75.5 Å². The Balaban J connectivity index is 2.81. The van der Waals surface area contributed by atoms with Crippen molar-refractivity contribution in [3.05, 3.63) is 24.4 Å². The molecule has 0 saturated carbocycles. The number of alkyl halides is 3. The molecule has 1 aliphatic rings. The first-order valence-corrected chi connectivity index (χ1v) is 4.02. The van der Waals surface area contributed by atoms with Gasteiger partial charge in [-0.3, -0.25) is 0 Å². The Morgan fingerprint density at radius 3 is 2.15 bits per heavy atom. The van der Waals surface area contributed by atoms with Crippen molar-refractivity contribution in [3.8, 4) is 0 Å². The second-order valence-electron chi connectivity index (χ2n) is 3.48. The SMILES string of the molecule is CC(C)(N1C=CC=CC1)C(F)(F)F. The van der Waals surface area contributed by atoms with E-state index in [0.29, 0.717) is 6.54 Å². The van der Waals surface area contributed by atoms with Crippen LogP contribution in [0.2, 0.25) is 0 Å². The van der Waals surface area contributed by atoms with Gasteiger partial charge in [-0.05, 0) is 19.9 Å². The molecule has 74 valence electrons. The lowest BCUT2D eigenvalue weighted by Gasteiger charge is -2.39. The van der Waals surface area contributed by atoms with Gasteiger partial charge in [0.2, 0.25) is 0 Å². The third-order valence-electron chi connectivity index (χ3n) is 2.23. The molecule has 0 spiro atoms. The predicted molar refractivity (Wildman–Crippen MR) is 45.1 cm³/mol. The predicted octanol–water partition coefficient (Wildman–Crippen LogP) is 2.71. The second-order valence-corrected chi connectivity index (χ2v) is 3.48. The minimum Gasteiger partial charge on any atom is -0.360 e. The molecule has 13 heavy (non-hydrogen) atoms. The highest BCUT2D eigenvalue weighted by atomic mass is 19.4. The summed E-state index contributed by atoms with van der Waals surface area (Å²) >= 11 is 0. The molecule has 0 amide bonds. The van der Waals surface area contributed by atoms with Crippen molar-refractivity contribution < 1.29 is 13.2 Å². The molecule has 0 aromatic carbocycles. The molecular formula is C9H12F3N. The Morgan fingerprint density at radius 2 is 1.77 bits per heavy atom. The minimum atomic E-state index is -4.21. The van der Waals surface area contributed by atoms with Crippen LogP contribution in [0.3, 0.4) is 0 Å². The van der Waals surface area contributed by atoms with E-state index in [4.69, 9.17) is 0 Å². The molecule has 0 radical (unpaired) electrons. The summed E-state index contributed by atoms with van der Waals surface area (Å²) < 4.78 is 37.6. The standard InChI is InChI=1S/C9H12F3N/c1-8(2,9(10,11)12)13-6-4-3-5-7-13/h3-6H,7H2,1-2H3. The fourth-order valence-electron chi connectivity index (χ4n) is 1.04. The summed E-state index contributed by atoms with van der Waals surface area (Å²) in [5.74, 6) is 0. The number of hydrogen-bond acceptors (Lipinski definition) is 1. The van der Waals surface area contributed by atoms with Gasteiger partial charge in [0.25, 0.3) is 0 Å². The van der Waals surface area contributed by atoms with Crippen molar-refractivity contribution >= 4 is 0 Å². The van der Waals surface area contributed by atoms with Crippen molar-refractivity contribution in [1.29, 1.82) is 0 Å². The van der Waals surface area contributed by atoms with Crippen LogP contribution in [-0.4, -0.2) is 23.2 Å². The van der Waals surface area contributed by atoms with Crippen LogP contribution in [0.5, 0.6) is 0 Å². The van der Waals surface area contributed by atoms with E-state index < -0.39 is 11.7 Å². The van der Waals surface area contributed by atoms with Crippen molar-refractivity contribution in [3.63, 3.8) is 0 Å². The number of nitrogens with zero attached hydrogens (tertiary/aromatic N) is 1. The maximum Gasteiger partial charge on any atom is 0.411 e. The van der Waals surface area contributed by atoms with Gasteiger partial charge in [0.05, 0.1) is 0 Å². The van der Waals surface area contributed by atoms with E-state index in [9.17, 15) is 13.2 Å². The molecule has 1 nitrogen and oxygen atoms in total. The highest BCUT2D eigenvalue weighted by Crippen LogP contribution is 2.35. The van der Waals surface area contributed by atoms with Gasteiger partial charge in [-0.2, -0.15) is 13.2 Å². The first-order chi connectivity index (χ1) is 5.86. The molecule has 0 N–H and O–H groups in total. The van der Waals surface area contributed by atoms with Crippen LogP contribution in [0.1, 0.15) is 13.8 Å². The zero-order chi connectivity index (χ0) is 10.1. The summed E-state index contributed by atoms with van der Waals surface area (Å²) in [6.07, 6.45) is 2.31. The second kappa shape index (κ2) is 3.09. The van der Waals surface area contributed by atoms with E-state index in [2.05, 4.69) is 0 Å². The molecule has 1 heterocycles. The number of allylic oxidation sites excluding steroid dienone is 2. The van der Waals surface area contributed by atoms with Crippen LogP contribution < -0.4 is 0 Å². The maximum absolute atomic E-state index is 12.5. The summed E-state index contributed by atoms with van der Waals surface area (Å²) in [7, 11) is 0. The van der Waals surface area contributed by atoms with Gasteiger partial charge in [-0.25, -0.2) is 0 Å². The van der Waals surface area contributed by atoms with E-state index in [0.717, 1.165) is 0 Å². The minimum absolute atomic E-state index is 0.309. The molecule has 0 aromatic rings. The van der Waals surface area contributed by atoms with E-state index in [-0.39, 0.29) is 0 Å². The lowest BCUT2D eigenvalue weighted by molar-refractivity contribution is -0.211. The van der Waals surface area contributed by atoms with Crippen molar-refractivity contribution in [2.75, 3.05) is 6.54 Å². The topological polar surface area (TPSA) is 3.24 Å². The fourth-order valence-corrected chi connectivity index (χ4v) is 1.04. The Kier molecular flexibility index (Phi) is 2.41. The third-order valence-corrected chi connectivity index (χ3v) is 2.23. The fraction of sp³-hybridized carbons (Fsp3) is 0.556. The molecule has 0 saturated heterocycles. The first-order valence-electron chi connectivity index (χ1n) is 4.02. The summed E-state index contributed by atoms with van der Waals surface area (Å²) in [5.41, 5.74) is -1.80. The van der Waals surface area contributed by atoms with Gasteiger partial charge < -0.3 is 4.90 Å². The Hall–Kier alpha value is -0.930. The van der Waals surface area contributed by atoms with Crippen molar-refractivity contribution in [2.45, 2.75) is 25.6 Å². The van der Waals surface area contributed by atoms with Crippen LogP contribution in [0, 0.1) is 0 Å². The number of halogens is 3. The Morgan fingerprint density at radius 1 is 1.15 bits per heavy atom. The zero-order valence-electron chi connectivity index (χ0n) is 7.60. The quantitative estimate of drug-likeness (QED) is 0.616. The van der Waals surface area contributed by atoms with Crippen LogP contribution in [0.4, 0.5) is 13.2 Å². The van der Waals surface area contributed by atoms with Gasteiger partial charge in [0.1, 0.15) is 5.54 Å². The van der Waals surface area contributed by atoms with E-state index in [1.54, 1.807) is 18.2 Å². The van der Waals surface area contributed by atoms with E-state index >= 15 is 0 Å². The first kappa shape index (κ1) is 10.2. The molecule has 4 heteroatoms. The molecule has 0 aliphatic carbocycles. The number of hydrogen-bond donors (Lipinski definition) is 0. The van der Waals surface area contributed by atoms with Gasteiger partial charge in [-0.15, -0.1) is 0 Å². The maximum atomic E-state index is 12.5. The van der Waals surface area contributed by atoms with Crippen LogP contribution in [-0.2, 0) is 0 Å². The van der Waals surface area contributed by atoms with Gasteiger partial charge in [-0.1, -0.05) is 12.2 Å². The number of rotatable bonds is 1. The van der Waals surface area contributed by atoms with Crippen LogP contribution in [0.25, 0.3) is 0 Å². The molecule has 0 bridgehead atoms. The van der Waals surface area contributed by atoms with Gasteiger partial charge in [0, 0.05) is 12.7 Å². The van der Waals surface area contributed by atoms with E-state index in [1.807, 2.05) is 0 Å².